The summed E-state index contributed by atoms with van der Waals surface area (Å²) in [6.07, 6.45) is 0. The third kappa shape index (κ3) is 4.38. The first kappa shape index (κ1) is 21.5. The van der Waals surface area contributed by atoms with Crippen LogP contribution >= 0.6 is 46.4 Å². The van der Waals surface area contributed by atoms with Crippen molar-refractivity contribution >= 4 is 52.4 Å². The molecule has 1 heterocycles. The summed E-state index contributed by atoms with van der Waals surface area (Å²) in [6.45, 7) is 2.10. The molecular weight excluding hydrogens is 460 g/mol. The Morgan fingerprint density at radius 3 is 2.14 bits per heavy atom. The minimum Gasteiger partial charge on any atom is -0.477 e. The van der Waals surface area contributed by atoms with Gasteiger partial charge in [-0.3, -0.25) is 4.79 Å². The van der Waals surface area contributed by atoms with Crippen molar-refractivity contribution in [2.75, 3.05) is 0 Å². The lowest BCUT2D eigenvalue weighted by Gasteiger charge is -2.20. The Hall–Kier alpha value is -2.18. The van der Waals surface area contributed by atoms with Crippen LogP contribution in [0, 0.1) is 0 Å². The van der Waals surface area contributed by atoms with E-state index in [4.69, 9.17) is 51.1 Å². The molecule has 29 heavy (non-hydrogen) atoms. The average molecular weight is 473 g/mol. The molecular formula is C20H13Cl4NO4. The van der Waals surface area contributed by atoms with Crippen LogP contribution in [0.15, 0.2) is 47.3 Å². The number of carbonyl (C=O) groups is 1. The Balaban J connectivity index is 2.27. The molecule has 1 N–H and O–H groups in total. The van der Waals surface area contributed by atoms with Gasteiger partial charge in [0.15, 0.2) is 0 Å². The van der Waals surface area contributed by atoms with Gasteiger partial charge in [-0.2, -0.15) is 0 Å². The van der Waals surface area contributed by atoms with Gasteiger partial charge in [-0.1, -0.05) is 52.5 Å². The molecule has 0 saturated heterocycles. The molecule has 9 heteroatoms. The third-order valence-corrected chi connectivity index (χ3v) is 5.59. The number of aromatic nitrogens is 1. The zero-order valence-electron chi connectivity index (χ0n) is 14.9. The molecule has 0 aliphatic rings. The van der Waals surface area contributed by atoms with E-state index in [2.05, 4.69) is 0 Å². The number of hydrogen-bond acceptors (Lipinski definition) is 3. The Morgan fingerprint density at radius 2 is 1.59 bits per heavy atom. The quantitative estimate of drug-likeness (QED) is 0.451. The van der Waals surface area contributed by atoms with E-state index in [1.165, 1.54) is 18.2 Å². The first-order valence-electron chi connectivity index (χ1n) is 8.32. The summed E-state index contributed by atoms with van der Waals surface area (Å²) in [7, 11) is 0. The van der Waals surface area contributed by atoms with Gasteiger partial charge in [0.1, 0.15) is 11.3 Å². The predicted molar refractivity (Wildman–Crippen MR) is 115 cm³/mol. The van der Waals surface area contributed by atoms with E-state index in [1.54, 1.807) is 29.7 Å². The molecule has 0 amide bonds. The monoisotopic (exact) mass is 471 g/mol. The normalized spacial score (nSPS) is 10.8. The first-order chi connectivity index (χ1) is 13.7. The second-order valence-corrected chi connectivity index (χ2v) is 7.56. The van der Waals surface area contributed by atoms with Gasteiger partial charge in [0.05, 0.1) is 25.8 Å². The highest BCUT2D eigenvalue weighted by atomic mass is 35.5. The number of rotatable bonds is 5. The summed E-state index contributed by atoms with van der Waals surface area (Å²) >= 11 is 24.0. The van der Waals surface area contributed by atoms with Crippen molar-refractivity contribution in [1.82, 2.24) is 4.57 Å². The highest BCUT2D eigenvalue weighted by Crippen LogP contribution is 2.34. The molecule has 3 aromatic rings. The lowest BCUT2D eigenvalue weighted by atomic mass is 10.0. The standard InChI is InChI=1S/C20H13Cl4NO4/c1-2-25-17(29-11-4-6-13(22)15(24)8-11)9-16(26)18(20(27)28)19(25)10-3-5-12(21)14(23)7-10/h3-9H,2H2,1H3,(H,27,28). The van der Waals surface area contributed by atoms with Crippen molar-refractivity contribution in [3.63, 3.8) is 0 Å². The van der Waals surface area contributed by atoms with Crippen LogP contribution in [-0.2, 0) is 6.54 Å². The molecule has 5 nitrogen and oxygen atoms in total. The summed E-state index contributed by atoms with van der Waals surface area (Å²) in [4.78, 5) is 24.5. The van der Waals surface area contributed by atoms with Crippen LogP contribution in [-0.4, -0.2) is 15.6 Å². The van der Waals surface area contributed by atoms with Crippen molar-refractivity contribution in [1.29, 1.82) is 0 Å². The third-order valence-electron chi connectivity index (χ3n) is 4.11. The van der Waals surface area contributed by atoms with Crippen LogP contribution in [0.5, 0.6) is 11.6 Å². The smallest absolute Gasteiger partial charge is 0.341 e. The van der Waals surface area contributed by atoms with Gasteiger partial charge in [-0.25, -0.2) is 4.79 Å². The minimum atomic E-state index is -1.36. The molecule has 0 spiro atoms. The molecule has 1 aromatic heterocycles. The topological polar surface area (TPSA) is 68.5 Å². The molecule has 0 saturated carbocycles. The van der Waals surface area contributed by atoms with Gasteiger partial charge in [0.2, 0.25) is 11.3 Å². The van der Waals surface area contributed by atoms with Gasteiger partial charge in [0, 0.05) is 24.2 Å². The van der Waals surface area contributed by atoms with E-state index >= 15 is 0 Å². The Labute approximate surface area is 186 Å². The van der Waals surface area contributed by atoms with Gasteiger partial charge in [-0.15, -0.1) is 0 Å². The Kier molecular flexibility index (Phi) is 6.44. The fourth-order valence-electron chi connectivity index (χ4n) is 2.83. The van der Waals surface area contributed by atoms with Crippen LogP contribution in [0.25, 0.3) is 11.3 Å². The molecule has 0 bridgehead atoms. The van der Waals surface area contributed by atoms with Gasteiger partial charge in [0.25, 0.3) is 0 Å². The van der Waals surface area contributed by atoms with Crippen LogP contribution in [0.1, 0.15) is 17.3 Å². The lowest BCUT2D eigenvalue weighted by Crippen LogP contribution is -2.21. The number of hydrogen-bond donors (Lipinski definition) is 1. The Morgan fingerprint density at radius 1 is 0.966 bits per heavy atom. The van der Waals surface area contributed by atoms with Crippen LogP contribution in [0.4, 0.5) is 0 Å². The van der Waals surface area contributed by atoms with E-state index < -0.39 is 17.0 Å². The number of carboxylic acids is 1. The number of aromatic carboxylic acids is 1. The summed E-state index contributed by atoms with van der Waals surface area (Å²) in [5.74, 6) is -0.884. The molecule has 150 valence electrons. The lowest BCUT2D eigenvalue weighted by molar-refractivity contribution is 0.0695. The molecule has 0 atom stereocenters. The molecule has 0 aliphatic heterocycles. The summed E-state index contributed by atoms with van der Waals surface area (Å²) < 4.78 is 7.40. The van der Waals surface area contributed by atoms with Crippen molar-refractivity contribution in [3.8, 4) is 22.9 Å². The van der Waals surface area contributed by atoms with Crippen LogP contribution in [0.2, 0.25) is 20.1 Å². The summed E-state index contributed by atoms with van der Waals surface area (Å²) in [5.41, 5.74) is -0.540. The average Bonchev–Trinajstić information content (AvgIpc) is 2.66. The van der Waals surface area contributed by atoms with E-state index in [0.717, 1.165) is 6.07 Å². The molecule has 0 aliphatic carbocycles. The fraction of sp³-hybridized carbons (Fsp3) is 0.100. The maximum Gasteiger partial charge on any atom is 0.341 e. The SMILES string of the molecule is CCn1c(Oc2ccc(Cl)c(Cl)c2)cc(=O)c(C(=O)O)c1-c1ccc(Cl)c(Cl)c1. The number of ether oxygens (including phenoxy) is 1. The first-order valence-corrected chi connectivity index (χ1v) is 9.83. The number of benzene rings is 2. The molecule has 0 unspecified atom stereocenters. The second kappa shape index (κ2) is 8.67. The minimum absolute atomic E-state index is 0.141. The van der Waals surface area contributed by atoms with E-state index in [0.29, 0.717) is 27.9 Å². The largest absolute Gasteiger partial charge is 0.477 e. The van der Waals surface area contributed by atoms with Crippen molar-refractivity contribution < 1.29 is 14.6 Å². The van der Waals surface area contributed by atoms with E-state index in [9.17, 15) is 14.7 Å². The number of nitrogens with zero attached hydrogens (tertiary/aromatic N) is 1. The van der Waals surface area contributed by atoms with Crippen molar-refractivity contribution in [3.05, 3.63) is 78.3 Å². The molecule has 3 rings (SSSR count). The van der Waals surface area contributed by atoms with Crippen LogP contribution < -0.4 is 10.2 Å². The van der Waals surface area contributed by atoms with Crippen molar-refractivity contribution in [2.24, 2.45) is 0 Å². The van der Waals surface area contributed by atoms with Crippen LogP contribution in [0.3, 0.4) is 0 Å². The highest BCUT2D eigenvalue weighted by molar-refractivity contribution is 6.42. The number of carboxylic acid groups (broad SMARTS) is 1. The molecule has 2 aromatic carbocycles. The van der Waals surface area contributed by atoms with E-state index in [-0.39, 0.29) is 21.6 Å². The number of halogens is 4. The van der Waals surface area contributed by atoms with Gasteiger partial charge < -0.3 is 14.4 Å². The van der Waals surface area contributed by atoms with Crippen molar-refractivity contribution in [2.45, 2.75) is 13.5 Å². The highest BCUT2D eigenvalue weighted by Gasteiger charge is 2.23. The predicted octanol–water partition coefficient (Wildman–Crippen LogP) is 6.64. The van der Waals surface area contributed by atoms with E-state index in [1.807, 2.05) is 0 Å². The molecule has 0 radical (unpaired) electrons. The number of pyridine rings is 1. The molecule has 0 fully saturated rings. The second-order valence-electron chi connectivity index (χ2n) is 5.93. The maximum absolute atomic E-state index is 12.6. The zero-order valence-corrected chi connectivity index (χ0v) is 17.9. The summed E-state index contributed by atoms with van der Waals surface area (Å²) in [5, 5.41) is 10.8. The summed E-state index contributed by atoms with van der Waals surface area (Å²) in [6, 6.07) is 10.4. The fourth-order valence-corrected chi connectivity index (χ4v) is 3.42. The maximum atomic E-state index is 12.6. The Bertz CT molecular complexity index is 1170. The zero-order chi connectivity index (χ0) is 21.3. The van der Waals surface area contributed by atoms with Gasteiger partial charge in [-0.05, 0) is 31.2 Å². The van der Waals surface area contributed by atoms with Gasteiger partial charge >= 0.3 is 5.97 Å².